The van der Waals surface area contributed by atoms with Crippen molar-refractivity contribution in [1.82, 2.24) is 4.72 Å². The van der Waals surface area contributed by atoms with E-state index >= 15 is 0 Å². The van der Waals surface area contributed by atoms with Gasteiger partial charge in [0.05, 0.1) is 11.5 Å². The summed E-state index contributed by atoms with van der Waals surface area (Å²) in [5.74, 6) is 0.928. The molecule has 0 radical (unpaired) electrons. The van der Waals surface area contributed by atoms with Gasteiger partial charge in [-0.1, -0.05) is 32.0 Å². The molecule has 1 amide bonds. The number of hydrogen-bond donors (Lipinski definition) is 1. The van der Waals surface area contributed by atoms with Gasteiger partial charge < -0.3 is 9.64 Å². The van der Waals surface area contributed by atoms with Crippen LogP contribution >= 0.6 is 0 Å². The SMILES string of the molecule is CCCOc1ccccc1CCCNS(=O)(=O)c1ccc2c(c1)CCN2C(=O)CC. The van der Waals surface area contributed by atoms with Gasteiger partial charge in [-0.15, -0.1) is 0 Å². The molecule has 1 aliphatic heterocycles. The predicted octanol–water partition coefficient (Wildman–Crippen LogP) is 3.69. The maximum absolute atomic E-state index is 12.7. The van der Waals surface area contributed by atoms with Crippen molar-refractivity contribution in [2.45, 2.75) is 50.8 Å². The summed E-state index contributed by atoms with van der Waals surface area (Å²) >= 11 is 0. The number of para-hydroxylation sites is 1. The molecule has 2 aromatic carbocycles. The molecule has 0 aromatic heterocycles. The van der Waals surface area contributed by atoms with Crippen LogP contribution in [0.3, 0.4) is 0 Å². The number of nitrogens with zero attached hydrogens (tertiary/aromatic N) is 1. The van der Waals surface area contributed by atoms with Crippen LogP contribution in [0.4, 0.5) is 5.69 Å². The minimum Gasteiger partial charge on any atom is -0.493 e. The highest BCUT2D eigenvalue weighted by atomic mass is 32.2. The van der Waals surface area contributed by atoms with Gasteiger partial charge in [0.25, 0.3) is 0 Å². The molecule has 7 heteroatoms. The fraction of sp³-hybridized carbons (Fsp3) is 0.435. The average Bonchev–Trinajstić information content (AvgIpc) is 3.18. The van der Waals surface area contributed by atoms with Gasteiger partial charge in [0.1, 0.15) is 5.75 Å². The van der Waals surface area contributed by atoms with Crippen LogP contribution in [0.15, 0.2) is 47.4 Å². The number of benzene rings is 2. The lowest BCUT2D eigenvalue weighted by molar-refractivity contribution is -0.118. The van der Waals surface area contributed by atoms with Crippen LogP contribution < -0.4 is 14.4 Å². The molecule has 0 atom stereocenters. The van der Waals surface area contributed by atoms with E-state index in [0.717, 1.165) is 35.4 Å². The van der Waals surface area contributed by atoms with E-state index in [1.54, 1.807) is 23.1 Å². The van der Waals surface area contributed by atoms with Crippen LogP contribution in [0.25, 0.3) is 0 Å². The Morgan fingerprint density at radius 3 is 2.73 bits per heavy atom. The summed E-state index contributed by atoms with van der Waals surface area (Å²) in [6.45, 7) is 5.52. The number of rotatable bonds is 10. The first-order valence-corrected chi connectivity index (χ1v) is 12.1. The zero-order valence-corrected chi connectivity index (χ0v) is 18.5. The molecule has 0 saturated carbocycles. The molecule has 0 spiro atoms. The van der Waals surface area contributed by atoms with E-state index in [1.165, 1.54) is 0 Å². The smallest absolute Gasteiger partial charge is 0.240 e. The maximum Gasteiger partial charge on any atom is 0.240 e. The van der Waals surface area contributed by atoms with Gasteiger partial charge in [-0.2, -0.15) is 0 Å². The minimum absolute atomic E-state index is 0.0608. The van der Waals surface area contributed by atoms with Crippen molar-refractivity contribution < 1.29 is 17.9 Å². The molecule has 6 nitrogen and oxygen atoms in total. The molecular weight excluding hydrogens is 400 g/mol. The third-order valence-electron chi connectivity index (χ3n) is 5.21. The molecule has 0 fully saturated rings. The van der Waals surface area contributed by atoms with Crippen LogP contribution in [0.2, 0.25) is 0 Å². The Morgan fingerprint density at radius 1 is 1.17 bits per heavy atom. The van der Waals surface area contributed by atoms with Gasteiger partial charge in [-0.25, -0.2) is 13.1 Å². The Hall–Kier alpha value is -2.38. The second kappa shape index (κ2) is 10.1. The molecule has 1 heterocycles. The van der Waals surface area contributed by atoms with Gasteiger partial charge in [-0.3, -0.25) is 4.79 Å². The number of ether oxygens (including phenoxy) is 1. The van der Waals surface area contributed by atoms with E-state index in [2.05, 4.69) is 11.6 Å². The van der Waals surface area contributed by atoms with E-state index in [-0.39, 0.29) is 10.8 Å². The van der Waals surface area contributed by atoms with Crippen molar-refractivity contribution in [2.24, 2.45) is 0 Å². The second-order valence-corrected chi connectivity index (χ2v) is 9.16. The summed E-state index contributed by atoms with van der Waals surface area (Å²) in [6.07, 6.45) is 3.47. The highest BCUT2D eigenvalue weighted by Crippen LogP contribution is 2.30. The van der Waals surface area contributed by atoms with Crippen molar-refractivity contribution >= 4 is 21.6 Å². The van der Waals surface area contributed by atoms with Gasteiger partial charge >= 0.3 is 0 Å². The topological polar surface area (TPSA) is 75.7 Å². The fourth-order valence-corrected chi connectivity index (χ4v) is 4.75. The van der Waals surface area contributed by atoms with Crippen molar-refractivity contribution in [2.75, 3.05) is 24.6 Å². The second-order valence-electron chi connectivity index (χ2n) is 7.40. The highest BCUT2D eigenvalue weighted by molar-refractivity contribution is 7.89. The number of aryl methyl sites for hydroxylation is 1. The summed E-state index contributed by atoms with van der Waals surface area (Å²) in [4.78, 5) is 14.0. The van der Waals surface area contributed by atoms with Crippen LogP contribution in [-0.2, 0) is 27.7 Å². The first kappa shape index (κ1) is 22.3. The summed E-state index contributed by atoms with van der Waals surface area (Å²) < 4.78 is 33.9. The summed E-state index contributed by atoms with van der Waals surface area (Å²) in [6, 6.07) is 12.9. The van der Waals surface area contributed by atoms with Crippen LogP contribution in [-0.4, -0.2) is 34.0 Å². The van der Waals surface area contributed by atoms with Crippen LogP contribution in [0.5, 0.6) is 5.75 Å². The number of amides is 1. The average molecular weight is 431 g/mol. The van der Waals surface area contributed by atoms with E-state index in [1.807, 2.05) is 31.2 Å². The lowest BCUT2D eigenvalue weighted by atomic mass is 10.1. The van der Waals surface area contributed by atoms with Crippen LogP contribution in [0.1, 0.15) is 44.2 Å². The van der Waals surface area contributed by atoms with Crippen molar-refractivity contribution in [3.05, 3.63) is 53.6 Å². The molecule has 1 aliphatic rings. The number of carbonyl (C=O) groups is 1. The molecule has 1 N–H and O–H groups in total. The summed E-state index contributed by atoms with van der Waals surface area (Å²) in [5.41, 5.74) is 2.81. The maximum atomic E-state index is 12.7. The van der Waals surface area contributed by atoms with Crippen LogP contribution in [0, 0.1) is 0 Å². The number of nitrogens with one attached hydrogen (secondary N) is 1. The third kappa shape index (κ3) is 5.21. The molecular formula is C23H30N2O4S. The van der Waals surface area contributed by atoms with E-state index < -0.39 is 10.0 Å². The van der Waals surface area contributed by atoms with Gasteiger partial charge in [0, 0.05) is 25.2 Å². The lowest BCUT2D eigenvalue weighted by Crippen LogP contribution is -2.28. The fourth-order valence-electron chi connectivity index (χ4n) is 3.63. The monoisotopic (exact) mass is 430 g/mol. The first-order valence-electron chi connectivity index (χ1n) is 10.6. The Balaban J connectivity index is 1.59. The predicted molar refractivity (Wildman–Crippen MR) is 119 cm³/mol. The zero-order valence-electron chi connectivity index (χ0n) is 17.7. The Labute approximate surface area is 179 Å². The Kier molecular flexibility index (Phi) is 7.50. The molecule has 0 bridgehead atoms. The van der Waals surface area contributed by atoms with Crippen molar-refractivity contribution in [3.8, 4) is 5.75 Å². The highest BCUT2D eigenvalue weighted by Gasteiger charge is 2.25. The molecule has 162 valence electrons. The number of carbonyl (C=O) groups excluding carboxylic acids is 1. The number of fused-ring (bicyclic) bond motifs is 1. The minimum atomic E-state index is -3.59. The zero-order chi connectivity index (χ0) is 21.6. The normalized spacial score (nSPS) is 13.3. The molecule has 0 aliphatic carbocycles. The largest absolute Gasteiger partial charge is 0.493 e. The van der Waals surface area contributed by atoms with E-state index in [4.69, 9.17) is 4.74 Å². The molecule has 30 heavy (non-hydrogen) atoms. The van der Waals surface area contributed by atoms with Crippen molar-refractivity contribution in [3.63, 3.8) is 0 Å². The molecule has 2 aromatic rings. The molecule has 0 saturated heterocycles. The summed E-state index contributed by atoms with van der Waals surface area (Å²) in [7, 11) is -3.59. The molecule has 3 rings (SSSR count). The number of sulfonamides is 1. The first-order chi connectivity index (χ1) is 14.5. The van der Waals surface area contributed by atoms with E-state index in [0.29, 0.717) is 39.0 Å². The third-order valence-corrected chi connectivity index (χ3v) is 6.67. The van der Waals surface area contributed by atoms with E-state index in [9.17, 15) is 13.2 Å². The Morgan fingerprint density at radius 2 is 1.97 bits per heavy atom. The standard InChI is InChI=1S/C23H30N2O4S/c1-3-16-29-22-10-6-5-8-18(22)9-7-14-24-30(27,28)20-11-12-21-19(17-20)13-15-25(21)23(26)4-2/h5-6,8,10-12,17,24H,3-4,7,9,13-16H2,1-2H3. The lowest BCUT2D eigenvalue weighted by Gasteiger charge is -2.16. The number of anilines is 1. The Bertz CT molecular complexity index is 988. The summed E-state index contributed by atoms with van der Waals surface area (Å²) in [5, 5.41) is 0. The van der Waals surface area contributed by atoms with Gasteiger partial charge in [0.2, 0.25) is 15.9 Å². The van der Waals surface area contributed by atoms with Crippen molar-refractivity contribution in [1.29, 1.82) is 0 Å². The van der Waals surface area contributed by atoms with Gasteiger partial charge in [0.15, 0.2) is 0 Å². The quantitative estimate of drug-likeness (QED) is 0.584. The molecule has 0 unspecified atom stereocenters. The van der Waals surface area contributed by atoms with Gasteiger partial charge in [-0.05, 0) is 61.1 Å². The number of hydrogen-bond acceptors (Lipinski definition) is 4.